The molecule has 194 valence electrons. The lowest BCUT2D eigenvalue weighted by Crippen LogP contribution is -2.57. The highest BCUT2D eigenvalue weighted by molar-refractivity contribution is 5.24. The van der Waals surface area contributed by atoms with Crippen molar-refractivity contribution in [2.24, 2.45) is 28.9 Å². The first-order valence-corrected chi connectivity index (χ1v) is 14.6. The largest absolute Gasteiger partial charge is 0.374 e. The molecule has 3 atom stereocenters. The molecule has 2 saturated carbocycles. The topological polar surface area (TPSA) is 29.3 Å². The summed E-state index contributed by atoms with van der Waals surface area (Å²) in [6.07, 6.45) is 18.6. The van der Waals surface area contributed by atoms with E-state index in [4.69, 9.17) is 12.3 Å². The minimum atomic E-state index is 0.305. The Kier molecular flexibility index (Phi) is 9.50. The van der Waals surface area contributed by atoms with Crippen LogP contribution in [0.2, 0.25) is 0 Å². The van der Waals surface area contributed by atoms with Gasteiger partial charge in [0.15, 0.2) is 0 Å². The summed E-state index contributed by atoms with van der Waals surface area (Å²) in [7, 11) is 0. The number of hydrogen-bond acceptors (Lipinski definition) is 2. The lowest BCUT2D eigenvalue weighted by molar-refractivity contribution is -0.0182. The van der Waals surface area contributed by atoms with Crippen LogP contribution in [0.3, 0.4) is 0 Å². The molecular weight excluding hydrogens is 431 g/mol. The number of nitrogens with two attached hydrogens (primary N) is 1. The fraction of sp³-hybridized carbons (Fsp3) is 0.688. The van der Waals surface area contributed by atoms with E-state index < -0.39 is 0 Å². The van der Waals surface area contributed by atoms with Gasteiger partial charge in [-0.25, -0.2) is 4.39 Å². The van der Waals surface area contributed by atoms with Crippen LogP contribution >= 0.6 is 0 Å². The van der Waals surface area contributed by atoms with Gasteiger partial charge in [0, 0.05) is 36.7 Å². The van der Waals surface area contributed by atoms with Gasteiger partial charge < -0.3 is 10.6 Å². The van der Waals surface area contributed by atoms with Gasteiger partial charge in [0.2, 0.25) is 0 Å². The highest BCUT2D eigenvalue weighted by Gasteiger charge is 2.46. The maximum atomic E-state index is 12.8. The van der Waals surface area contributed by atoms with E-state index in [0.29, 0.717) is 36.2 Å². The van der Waals surface area contributed by atoms with Crippen molar-refractivity contribution in [1.82, 2.24) is 4.90 Å². The van der Waals surface area contributed by atoms with Gasteiger partial charge in [0.25, 0.3) is 0 Å². The molecule has 1 heterocycles. The molecule has 35 heavy (non-hydrogen) atoms. The van der Waals surface area contributed by atoms with Crippen molar-refractivity contribution in [2.45, 2.75) is 96.8 Å². The van der Waals surface area contributed by atoms with Crippen LogP contribution in [-0.4, -0.2) is 24.5 Å². The van der Waals surface area contributed by atoms with E-state index in [-0.39, 0.29) is 0 Å². The fourth-order valence-electron chi connectivity index (χ4n) is 7.41. The summed E-state index contributed by atoms with van der Waals surface area (Å²) < 4.78 is 12.8. The third-order valence-corrected chi connectivity index (χ3v) is 9.68. The highest BCUT2D eigenvalue weighted by atomic mass is 19.1. The molecule has 4 rings (SSSR count). The van der Waals surface area contributed by atoms with E-state index in [9.17, 15) is 4.39 Å². The van der Waals surface area contributed by atoms with Crippen LogP contribution in [-0.2, 0) is 12.8 Å². The summed E-state index contributed by atoms with van der Waals surface area (Å²) in [5, 5.41) is 0. The smallest absolute Gasteiger partial charge is 0.0871 e. The number of benzene rings is 1. The molecule has 3 heteroatoms. The number of allylic oxidation sites excluding steroid dienone is 1. The number of likely N-dealkylation sites (tertiary alicyclic amines) is 1. The molecule has 1 aliphatic heterocycles. The lowest BCUT2D eigenvalue weighted by Gasteiger charge is -2.56. The summed E-state index contributed by atoms with van der Waals surface area (Å²) >= 11 is 0. The van der Waals surface area contributed by atoms with Crippen LogP contribution in [0.5, 0.6) is 0 Å². The first kappa shape index (κ1) is 26.5. The third-order valence-electron chi connectivity index (χ3n) is 9.68. The Balaban J connectivity index is 1.36. The summed E-state index contributed by atoms with van der Waals surface area (Å²) in [4.78, 5) is 2.69. The Hall–Kier alpha value is -1.61. The van der Waals surface area contributed by atoms with Crippen LogP contribution in [0.15, 0.2) is 48.4 Å². The molecule has 2 N–H and O–H groups in total. The maximum absolute atomic E-state index is 12.8. The monoisotopic (exact) mass is 480 g/mol. The Bertz CT molecular complexity index is 828. The molecule has 1 aromatic carbocycles. The number of hydrogen-bond donors (Lipinski definition) is 1. The van der Waals surface area contributed by atoms with Gasteiger partial charge in [-0.2, -0.15) is 0 Å². The van der Waals surface area contributed by atoms with Crippen LogP contribution in [0.1, 0.15) is 95.1 Å². The zero-order valence-electron chi connectivity index (χ0n) is 22.2. The molecule has 0 aromatic heterocycles. The molecule has 1 spiro atoms. The van der Waals surface area contributed by atoms with E-state index in [1.165, 1.54) is 101 Å². The molecule has 0 amide bonds. The summed E-state index contributed by atoms with van der Waals surface area (Å²) in [6.45, 7) is 10.0. The molecule has 3 fully saturated rings. The Morgan fingerprint density at radius 2 is 1.63 bits per heavy atom. The van der Waals surface area contributed by atoms with Crippen LogP contribution in [0.4, 0.5) is 4.39 Å². The second kappa shape index (κ2) is 12.6. The molecule has 2 nitrogen and oxygen atoms in total. The zero-order valence-corrected chi connectivity index (χ0v) is 22.2. The van der Waals surface area contributed by atoms with Gasteiger partial charge in [-0.05, 0) is 79.9 Å². The van der Waals surface area contributed by atoms with Gasteiger partial charge in [-0.1, -0.05) is 76.3 Å². The van der Waals surface area contributed by atoms with Crippen LogP contribution in [0, 0.1) is 23.2 Å². The molecule has 1 saturated heterocycles. The Labute approximate surface area is 214 Å². The second-order valence-corrected chi connectivity index (χ2v) is 12.0. The van der Waals surface area contributed by atoms with Crippen molar-refractivity contribution < 1.29 is 4.39 Å². The number of halogens is 1. The lowest BCUT2D eigenvalue weighted by atomic mass is 9.67. The first-order chi connectivity index (χ1) is 17.1. The minimum Gasteiger partial charge on any atom is -0.374 e. The first-order valence-electron chi connectivity index (χ1n) is 14.6. The van der Waals surface area contributed by atoms with Gasteiger partial charge in [0.1, 0.15) is 0 Å². The van der Waals surface area contributed by atoms with Gasteiger partial charge in [-0.3, -0.25) is 0 Å². The molecule has 3 aliphatic rings. The summed E-state index contributed by atoms with van der Waals surface area (Å²) in [5.41, 5.74) is 11.1. The van der Waals surface area contributed by atoms with Crippen LogP contribution in [0.25, 0.3) is 0 Å². The standard InChI is InChI=1S/C32H49FN2/c1-3-29-9-5-6-10-30(31(29)25(2)35-23-32(24-35)19-7-4-8-20-32)18-17-27-13-11-26(12-14-27)15-16-28(21-33)22-34/h11-14,21,29-31H,2-10,15-20,22-24,34H2,1H3/b28-21-. The SMILES string of the molecule is C=C(C1C(CC)CCCCC1CCc1ccc(CC/C(=C/F)CN)cc1)N1CC2(CCCCC2)C1. The van der Waals surface area contributed by atoms with Crippen LogP contribution < -0.4 is 5.73 Å². The van der Waals surface area contributed by atoms with Crippen molar-refractivity contribution in [2.75, 3.05) is 19.6 Å². The van der Waals surface area contributed by atoms with Crippen molar-refractivity contribution in [3.05, 3.63) is 59.6 Å². The highest BCUT2D eigenvalue weighted by Crippen LogP contribution is 2.49. The molecule has 0 radical (unpaired) electrons. The van der Waals surface area contributed by atoms with Crippen molar-refractivity contribution in [3.8, 4) is 0 Å². The number of nitrogens with zero attached hydrogens (tertiary/aromatic N) is 1. The minimum absolute atomic E-state index is 0.305. The van der Waals surface area contributed by atoms with Crippen molar-refractivity contribution in [1.29, 1.82) is 0 Å². The van der Waals surface area contributed by atoms with E-state index in [1.807, 2.05) is 0 Å². The van der Waals surface area contributed by atoms with Gasteiger partial charge >= 0.3 is 0 Å². The van der Waals surface area contributed by atoms with E-state index >= 15 is 0 Å². The Morgan fingerprint density at radius 3 is 2.23 bits per heavy atom. The number of rotatable bonds is 10. The molecular formula is C32H49FN2. The van der Waals surface area contributed by atoms with E-state index in [1.54, 1.807) is 0 Å². The summed E-state index contributed by atoms with van der Waals surface area (Å²) in [5.74, 6) is 2.20. The molecule has 3 unspecified atom stereocenters. The number of aryl methyl sites for hydroxylation is 2. The summed E-state index contributed by atoms with van der Waals surface area (Å²) in [6, 6.07) is 9.03. The average Bonchev–Trinajstić information content (AvgIpc) is 3.09. The zero-order chi connectivity index (χ0) is 24.7. The van der Waals surface area contributed by atoms with Gasteiger partial charge in [-0.15, -0.1) is 0 Å². The van der Waals surface area contributed by atoms with E-state index in [0.717, 1.165) is 24.7 Å². The fourth-order valence-corrected chi connectivity index (χ4v) is 7.41. The van der Waals surface area contributed by atoms with E-state index in [2.05, 4.69) is 36.1 Å². The molecule has 1 aromatic rings. The van der Waals surface area contributed by atoms with Crippen molar-refractivity contribution >= 4 is 0 Å². The normalized spacial score (nSPS) is 26.9. The predicted molar refractivity (Wildman–Crippen MR) is 147 cm³/mol. The third kappa shape index (κ3) is 6.59. The van der Waals surface area contributed by atoms with Gasteiger partial charge in [0.05, 0.1) is 6.33 Å². The molecule has 0 bridgehead atoms. The quantitative estimate of drug-likeness (QED) is 0.344. The Morgan fingerprint density at radius 1 is 1.00 bits per heavy atom. The molecule has 2 aliphatic carbocycles. The second-order valence-electron chi connectivity index (χ2n) is 12.0. The average molecular weight is 481 g/mol. The predicted octanol–water partition coefficient (Wildman–Crippen LogP) is 7.98. The van der Waals surface area contributed by atoms with Crippen molar-refractivity contribution in [3.63, 3.8) is 0 Å². The maximum Gasteiger partial charge on any atom is 0.0871 e.